The summed E-state index contributed by atoms with van der Waals surface area (Å²) in [5.41, 5.74) is -1.00. The molecule has 0 saturated carbocycles. The zero-order valence-electron chi connectivity index (χ0n) is 16.5. The van der Waals surface area contributed by atoms with Gasteiger partial charge in [-0.1, -0.05) is 0 Å². The summed E-state index contributed by atoms with van der Waals surface area (Å²) in [4.78, 5) is 25.2. The van der Waals surface area contributed by atoms with E-state index in [4.69, 9.17) is 9.47 Å². The molecule has 0 heterocycles. The summed E-state index contributed by atoms with van der Waals surface area (Å²) in [5.74, 6) is 0. The van der Waals surface area contributed by atoms with Gasteiger partial charge < -0.3 is 25.0 Å². The van der Waals surface area contributed by atoms with E-state index in [0.717, 1.165) is 0 Å². The summed E-state index contributed by atoms with van der Waals surface area (Å²) in [5, 5.41) is 5.98. The van der Waals surface area contributed by atoms with Crippen molar-refractivity contribution in [2.45, 2.75) is 72.6 Å². The maximum atomic E-state index is 12.0. The number of carbonyl (C=O) groups excluding carboxylic acids is 2. The summed E-state index contributed by atoms with van der Waals surface area (Å²) in [6.45, 7) is 17.1. The normalized spacial score (nSPS) is 13.2. The van der Waals surface area contributed by atoms with Gasteiger partial charge in [0.1, 0.15) is 11.2 Å². The van der Waals surface area contributed by atoms with Crippen LogP contribution in [0.3, 0.4) is 0 Å². The summed E-state index contributed by atoms with van der Waals surface area (Å²) >= 11 is 0. The maximum Gasteiger partial charge on any atom is 0.410 e. The van der Waals surface area contributed by atoms with Gasteiger partial charge in [0.15, 0.2) is 0 Å². The van der Waals surface area contributed by atoms with Crippen LogP contribution in [0.15, 0.2) is 0 Å². The van der Waals surface area contributed by atoms with Gasteiger partial charge >= 0.3 is 12.2 Å². The van der Waals surface area contributed by atoms with Crippen LogP contribution in [0.5, 0.6) is 0 Å². The highest BCUT2D eigenvalue weighted by molar-refractivity contribution is 5.68. The Morgan fingerprint density at radius 3 is 2.04 bits per heavy atom. The first kappa shape index (κ1) is 22.5. The fraction of sp³-hybridized carbons (Fsp3) is 0.882. The van der Waals surface area contributed by atoms with E-state index in [1.165, 1.54) is 0 Å². The number of hydrogen-bond donors (Lipinski definition) is 2. The van der Waals surface area contributed by atoms with Crippen LogP contribution in [0.1, 0.15) is 55.4 Å². The van der Waals surface area contributed by atoms with E-state index in [9.17, 15) is 9.59 Å². The van der Waals surface area contributed by atoms with Crippen molar-refractivity contribution in [3.05, 3.63) is 0 Å². The highest BCUT2D eigenvalue weighted by atomic mass is 16.6. The number of carbonyl (C=O) groups is 2. The van der Waals surface area contributed by atoms with Crippen molar-refractivity contribution < 1.29 is 19.1 Å². The molecule has 0 rings (SSSR count). The van der Waals surface area contributed by atoms with Crippen LogP contribution < -0.4 is 10.6 Å². The average molecular weight is 345 g/mol. The Bertz CT molecular complexity index is 400. The molecule has 2 amide bonds. The third-order valence-corrected chi connectivity index (χ3v) is 2.86. The second kappa shape index (κ2) is 9.71. The molecule has 0 fully saturated rings. The molecule has 0 radical (unpaired) electrons. The number of likely N-dealkylation sites (N-methyl/N-ethyl adjacent to an activating group) is 1. The molecule has 0 aliphatic heterocycles. The van der Waals surface area contributed by atoms with Crippen LogP contribution in [-0.4, -0.2) is 60.5 Å². The van der Waals surface area contributed by atoms with E-state index in [1.54, 1.807) is 4.90 Å². The zero-order chi connectivity index (χ0) is 19.0. The van der Waals surface area contributed by atoms with Gasteiger partial charge in [0.25, 0.3) is 0 Å². The first-order valence-electron chi connectivity index (χ1n) is 8.52. The summed E-state index contributed by atoms with van der Waals surface area (Å²) < 4.78 is 10.5. The van der Waals surface area contributed by atoms with Crippen molar-refractivity contribution >= 4 is 12.2 Å². The fourth-order valence-electron chi connectivity index (χ4n) is 1.77. The first-order chi connectivity index (χ1) is 10.8. The highest BCUT2D eigenvalue weighted by Gasteiger charge is 2.21. The number of hydrogen-bond acceptors (Lipinski definition) is 5. The molecule has 0 aromatic carbocycles. The third kappa shape index (κ3) is 12.0. The Kier molecular flexibility index (Phi) is 9.11. The van der Waals surface area contributed by atoms with Crippen LogP contribution in [0, 0.1) is 0 Å². The lowest BCUT2D eigenvalue weighted by Gasteiger charge is -2.27. The third-order valence-electron chi connectivity index (χ3n) is 2.86. The predicted molar refractivity (Wildman–Crippen MR) is 95.2 cm³/mol. The minimum absolute atomic E-state index is 0.0647. The predicted octanol–water partition coefficient (Wildman–Crippen LogP) is 2.75. The number of rotatable bonds is 7. The summed E-state index contributed by atoms with van der Waals surface area (Å²) in [6.07, 6.45) is -0.744. The van der Waals surface area contributed by atoms with Crippen molar-refractivity contribution in [1.29, 1.82) is 0 Å². The topological polar surface area (TPSA) is 79.9 Å². The smallest absolute Gasteiger partial charge is 0.410 e. The Morgan fingerprint density at radius 1 is 1.04 bits per heavy atom. The van der Waals surface area contributed by atoms with Gasteiger partial charge in [0.2, 0.25) is 0 Å². The summed E-state index contributed by atoms with van der Waals surface area (Å²) in [7, 11) is 0. The number of nitrogens with one attached hydrogen (secondary N) is 2. The minimum atomic E-state index is -0.504. The molecular formula is C17H35N3O4. The maximum absolute atomic E-state index is 12.0. The van der Waals surface area contributed by atoms with E-state index >= 15 is 0 Å². The number of nitrogens with zero attached hydrogens (tertiary/aromatic N) is 1. The SMILES string of the molecule is CCN(CCNC(C)CNC(=O)OC(C)(C)C)C(=O)OC(C)(C)C. The quantitative estimate of drug-likeness (QED) is 0.742. The molecule has 0 spiro atoms. The van der Waals surface area contributed by atoms with E-state index in [-0.39, 0.29) is 12.1 Å². The van der Waals surface area contributed by atoms with E-state index in [2.05, 4.69) is 10.6 Å². The van der Waals surface area contributed by atoms with Crippen molar-refractivity contribution in [2.75, 3.05) is 26.2 Å². The van der Waals surface area contributed by atoms with Gasteiger partial charge in [-0.15, -0.1) is 0 Å². The van der Waals surface area contributed by atoms with Gasteiger partial charge in [-0.2, -0.15) is 0 Å². The van der Waals surface area contributed by atoms with Crippen molar-refractivity contribution in [2.24, 2.45) is 0 Å². The van der Waals surface area contributed by atoms with Crippen LogP contribution in [0.25, 0.3) is 0 Å². The molecular weight excluding hydrogens is 310 g/mol. The molecule has 1 unspecified atom stereocenters. The average Bonchev–Trinajstić information content (AvgIpc) is 2.37. The van der Waals surface area contributed by atoms with Crippen LogP contribution in [-0.2, 0) is 9.47 Å². The van der Waals surface area contributed by atoms with Crippen molar-refractivity contribution in [1.82, 2.24) is 15.5 Å². The monoisotopic (exact) mass is 345 g/mol. The standard InChI is InChI=1S/C17H35N3O4/c1-9-20(15(22)24-17(6,7)8)11-10-18-13(2)12-19-14(21)23-16(3,4)5/h13,18H,9-12H2,1-8H3,(H,19,21). The number of alkyl carbamates (subject to hydrolysis) is 1. The molecule has 7 nitrogen and oxygen atoms in total. The van der Waals surface area contributed by atoms with Crippen molar-refractivity contribution in [3.8, 4) is 0 Å². The van der Waals surface area contributed by atoms with Gasteiger partial charge in [0, 0.05) is 32.2 Å². The molecule has 1 atom stereocenters. The minimum Gasteiger partial charge on any atom is -0.444 e. The molecule has 0 bridgehead atoms. The van der Waals surface area contributed by atoms with E-state index in [1.807, 2.05) is 55.4 Å². The largest absolute Gasteiger partial charge is 0.444 e. The fourth-order valence-corrected chi connectivity index (χ4v) is 1.77. The van der Waals surface area contributed by atoms with Gasteiger partial charge in [0.05, 0.1) is 0 Å². The molecule has 0 aliphatic carbocycles. The van der Waals surface area contributed by atoms with E-state index < -0.39 is 17.3 Å². The Balaban J connectivity index is 4.07. The Labute approximate surface area is 146 Å². The summed E-state index contributed by atoms with van der Waals surface area (Å²) in [6, 6.07) is 0.0647. The van der Waals surface area contributed by atoms with Crippen LogP contribution in [0.2, 0.25) is 0 Å². The molecule has 0 aliphatic rings. The second-order valence-electron chi connectivity index (χ2n) is 7.80. The zero-order valence-corrected chi connectivity index (χ0v) is 16.5. The second-order valence-corrected chi connectivity index (χ2v) is 7.80. The molecule has 0 saturated heterocycles. The molecule has 0 aromatic heterocycles. The molecule has 24 heavy (non-hydrogen) atoms. The van der Waals surface area contributed by atoms with Crippen LogP contribution in [0.4, 0.5) is 9.59 Å². The number of ether oxygens (including phenoxy) is 2. The first-order valence-corrected chi connectivity index (χ1v) is 8.52. The molecule has 2 N–H and O–H groups in total. The highest BCUT2D eigenvalue weighted by Crippen LogP contribution is 2.09. The van der Waals surface area contributed by atoms with Crippen LogP contribution >= 0.6 is 0 Å². The number of amides is 2. The Morgan fingerprint density at radius 2 is 1.58 bits per heavy atom. The van der Waals surface area contributed by atoms with Gasteiger partial charge in [-0.05, 0) is 55.4 Å². The molecule has 142 valence electrons. The van der Waals surface area contributed by atoms with Gasteiger partial charge in [-0.25, -0.2) is 9.59 Å². The van der Waals surface area contributed by atoms with Gasteiger partial charge in [-0.3, -0.25) is 0 Å². The lowest BCUT2D eigenvalue weighted by atomic mass is 10.2. The molecule has 7 heteroatoms. The van der Waals surface area contributed by atoms with E-state index in [0.29, 0.717) is 26.2 Å². The molecule has 0 aromatic rings. The van der Waals surface area contributed by atoms with Crippen molar-refractivity contribution in [3.63, 3.8) is 0 Å². The lowest BCUT2D eigenvalue weighted by Crippen LogP contribution is -2.45. The Hall–Kier alpha value is -1.50. The lowest BCUT2D eigenvalue weighted by molar-refractivity contribution is 0.0261.